The van der Waals surface area contributed by atoms with Crippen molar-refractivity contribution < 1.29 is 4.79 Å². The Morgan fingerprint density at radius 1 is 1.28 bits per heavy atom. The lowest BCUT2D eigenvalue weighted by atomic mass is 9.95. The molecule has 0 radical (unpaired) electrons. The second kappa shape index (κ2) is 12.5. The summed E-state index contributed by atoms with van der Waals surface area (Å²) in [5.41, 5.74) is 1.28. The molecular weight excluding hydrogens is 447 g/mol. The molecule has 1 aromatic rings. The van der Waals surface area contributed by atoms with Crippen LogP contribution in [0.25, 0.3) is 0 Å². The lowest BCUT2D eigenvalue weighted by Crippen LogP contribution is -2.41. The lowest BCUT2D eigenvalue weighted by Gasteiger charge is -2.22. The van der Waals surface area contributed by atoms with Crippen LogP contribution >= 0.6 is 35.3 Å². The van der Waals surface area contributed by atoms with Gasteiger partial charge in [-0.2, -0.15) is 0 Å². The van der Waals surface area contributed by atoms with Crippen LogP contribution in [0.3, 0.4) is 0 Å². The smallest absolute Gasteiger partial charge is 0.221 e. The summed E-state index contributed by atoms with van der Waals surface area (Å²) in [6.07, 6.45) is 6.52. The molecule has 0 aliphatic heterocycles. The van der Waals surface area contributed by atoms with Gasteiger partial charge < -0.3 is 16.0 Å². The number of carbonyl (C=O) groups excluding carboxylic acids is 1. The van der Waals surface area contributed by atoms with Gasteiger partial charge in [0, 0.05) is 30.4 Å². The van der Waals surface area contributed by atoms with E-state index >= 15 is 0 Å². The van der Waals surface area contributed by atoms with Crippen LogP contribution in [0.15, 0.2) is 16.4 Å². The fourth-order valence-electron chi connectivity index (χ4n) is 2.90. The number of rotatable bonds is 7. The van der Waals surface area contributed by atoms with E-state index in [-0.39, 0.29) is 29.9 Å². The first-order chi connectivity index (χ1) is 11.7. The van der Waals surface area contributed by atoms with Crippen molar-refractivity contribution in [3.8, 4) is 0 Å². The number of nitrogens with one attached hydrogen (secondary N) is 3. The molecule has 0 saturated heterocycles. The van der Waals surface area contributed by atoms with Crippen molar-refractivity contribution in [2.75, 3.05) is 13.1 Å². The summed E-state index contributed by atoms with van der Waals surface area (Å²) < 4.78 is 0. The minimum absolute atomic E-state index is 0. The molecule has 1 saturated carbocycles. The van der Waals surface area contributed by atoms with E-state index in [4.69, 9.17) is 0 Å². The van der Waals surface area contributed by atoms with Crippen molar-refractivity contribution in [2.45, 2.75) is 65.0 Å². The maximum Gasteiger partial charge on any atom is 0.221 e. The molecule has 1 aromatic heterocycles. The molecule has 0 spiro atoms. The Morgan fingerprint density at radius 2 is 2.04 bits per heavy atom. The second-order valence-corrected chi connectivity index (χ2v) is 7.30. The monoisotopic (exact) mass is 478 g/mol. The zero-order valence-electron chi connectivity index (χ0n) is 15.3. The average Bonchev–Trinajstić information content (AvgIpc) is 2.98. The Labute approximate surface area is 172 Å². The molecule has 5 nitrogen and oxygen atoms in total. The highest BCUT2D eigenvalue weighted by atomic mass is 127. The van der Waals surface area contributed by atoms with Crippen LogP contribution in [0.1, 0.15) is 55.9 Å². The molecule has 0 aromatic carbocycles. The summed E-state index contributed by atoms with van der Waals surface area (Å²) in [4.78, 5) is 17.9. The van der Waals surface area contributed by atoms with Gasteiger partial charge in [0.25, 0.3) is 0 Å². The van der Waals surface area contributed by atoms with Crippen molar-refractivity contribution in [1.82, 2.24) is 16.0 Å². The minimum atomic E-state index is 0. The van der Waals surface area contributed by atoms with Crippen molar-refractivity contribution >= 4 is 47.2 Å². The van der Waals surface area contributed by atoms with Gasteiger partial charge in [-0.15, -0.1) is 35.3 Å². The molecule has 1 aliphatic carbocycles. The SMILES string of the molecule is CCNC(=NCc1sccc1C)NCCC(=O)NC1CCCCC1.I. The molecule has 1 fully saturated rings. The van der Waals surface area contributed by atoms with Gasteiger partial charge in [-0.05, 0) is 43.7 Å². The third kappa shape index (κ3) is 8.40. The molecule has 142 valence electrons. The molecule has 3 N–H and O–H groups in total. The number of aliphatic imine (C=N–C) groups is 1. The summed E-state index contributed by atoms with van der Waals surface area (Å²) in [5.74, 6) is 0.912. The molecular formula is C18H31IN4OS. The van der Waals surface area contributed by atoms with Gasteiger partial charge in [-0.1, -0.05) is 19.3 Å². The molecule has 7 heteroatoms. The average molecular weight is 478 g/mol. The fraction of sp³-hybridized carbons (Fsp3) is 0.667. The molecule has 1 heterocycles. The van der Waals surface area contributed by atoms with E-state index in [1.165, 1.54) is 29.7 Å². The normalized spacial score (nSPS) is 15.4. The number of aryl methyl sites for hydroxylation is 1. The first-order valence-corrected chi connectivity index (χ1v) is 9.91. The number of carbonyl (C=O) groups is 1. The standard InChI is InChI=1S/C18H30N4OS.HI/c1-3-19-18(21-13-16-14(2)10-12-24-16)20-11-9-17(23)22-15-7-5-4-6-8-15;/h10,12,15H,3-9,11,13H2,1-2H3,(H,22,23)(H2,19,20,21);1H. The van der Waals surface area contributed by atoms with E-state index in [0.29, 0.717) is 25.6 Å². The largest absolute Gasteiger partial charge is 0.357 e. The van der Waals surface area contributed by atoms with Crippen LogP contribution in [0.4, 0.5) is 0 Å². The number of amides is 1. The summed E-state index contributed by atoms with van der Waals surface area (Å²) in [5, 5.41) is 11.7. The van der Waals surface area contributed by atoms with E-state index in [0.717, 1.165) is 25.3 Å². The van der Waals surface area contributed by atoms with Crippen molar-refractivity contribution in [3.05, 3.63) is 21.9 Å². The van der Waals surface area contributed by atoms with Gasteiger partial charge in [0.2, 0.25) is 5.91 Å². The first kappa shape index (κ1) is 22.2. The van der Waals surface area contributed by atoms with Crippen LogP contribution in [-0.2, 0) is 11.3 Å². The Balaban J connectivity index is 0.00000312. The Hall–Kier alpha value is -0.830. The van der Waals surface area contributed by atoms with E-state index in [9.17, 15) is 4.79 Å². The van der Waals surface area contributed by atoms with Crippen LogP contribution < -0.4 is 16.0 Å². The quantitative estimate of drug-likeness (QED) is 0.319. The Bertz CT molecular complexity index is 541. The fourth-order valence-corrected chi connectivity index (χ4v) is 3.73. The zero-order valence-corrected chi connectivity index (χ0v) is 18.4. The molecule has 1 amide bonds. The zero-order chi connectivity index (χ0) is 17.2. The van der Waals surface area contributed by atoms with Gasteiger partial charge >= 0.3 is 0 Å². The van der Waals surface area contributed by atoms with Gasteiger partial charge in [-0.25, -0.2) is 4.99 Å². The highest BCUT2D eigenvalue weighted by Crippen LogP contribution is 2.17. The first-order valence-electron chi connectivity index (χ1n) is 9.03. The summed E-state index contributed by atoms with van der Waals surface area (Å²) in [6, 6.07) is 2.50. The van der Waals surface area contributed by atoms with Crippen molar-refractivity contribution in [2.24, 2.45) is 4.99 Å². The highest BCUT2D eigenvalue weighted by Gasteiger charge is 2.15. The van der Waals surface area contributed by atoms with E-state index < -0.39 is 0 Å². The number of hydrogen-bond acceptors (Lipinski definition) is 3. The highest BCUT2D eigenvalue weighted by molar-refractivity contribution is 14.0. The molecule has 0 atom stereocenters. The van der Waals surface area contributed by atoms with Crippen LogP contribution in [0.5, 0.6) is 0 Å². The van der Waals surface area contributed by atoms with Crippen LogP contribution in [-0.4, -0.2) is 31.0 Å². The number of hydrogen-bond donors (Lipinski definition) is 3. The molecule has 2 rings (SSSR count). The van der Waals surface area contributed by atoms with Gasteiger partial charge in [0.05, 0.1) is 6.54 Å². The Kier molecular flexibility index (Phi) is 11.1. The van der Waals surface area contributed by atoms with E-state index in [1.807, 2.05) is 6.92 Å². The van der Waals surface area contributed by atoms with Crippen LogP contribution in [0, 0.1) is 6.92 Å². The molecule has 0 unspecified atom stereocenters. The number of halogens is 1. The predicted octanol–water partition coefficient (Wildman–Crippen LogP) is 3.57. The van der Waals surface area contributed by atoms with Gasteiger partial charge in [0.1, 0.15) is 0 Å². The topological polar surface area (TPSA) is 65.5 Å². The number of thiophene rings is 1. The third-order valence-corrected chi connectivity index (χ3v) is 5.32. The number of nitrogens with zero attached hydrogens (tertiary/aromatic N) is 1. The van der Waals surface area contributed by atoms with E-state index in [2.05, 4.69) is 39.3 Å². The Morgan fingerprint density at radius 3 is 2.68 bits per heavy atom. The molecule has 0 bridgehead atoms. The van der Waals surface area contributed by atoms with Crippen molar-refractivity contribution in [3.63, 3.8) is 0 Å². The van der Waals surface area contributed by atoms with Gasteiger partial charge in [-0.3, -0.25) is 4.79 Å². The molecule has 1 aliphatic rings. The van der Waals surface area contributed by atoms with Gasteiger partial charge in [0.15, 0.2) is 5.96 Å². The number of guanidine groups is 1. The predicted molar refractivity (Wildman–Crippen MR) is 117 cm³/mol. The van der Waals surface area contributed by atoms with E-state index in [1.54, 1.807) is 11.3 Å². The van der Waals surface area contributed by atoms with Crippen LogP contribution in [0.2, 0.25) is 0 Å². The second-order valence-electron chi connectivity index (χ2n) is 6.30. The summed E-state index contributed by atoms with van der Waals surface area (Å²) in [6.45, 7) is 6.24. The third-order valence-electron chi connectivity index (χ3n) is 4.31. The molecule has 25 heavy (non-hydrogen) atoms. The van der Waals surface area contributed by atoms with Crippen molar-refractivity contribution in [1.29, 1.82) is 0 Å². The maximum absolute atomic E-state index is 12.0. The minimum Gasteiger partial charge on any atom is -0.357 e. The maximum atomic E-state index is 12.0. The summed E-state index contributed by atoms with van der Waals surface area (Å²) in [7, 11) is 0. The summed E-state index contributed by atoms with van der Waals surface area (Å²) >= 11 is 1.73. The lowest BCUT2D eigenvalue weighted by molar-refractivity contribution is -0.121.